The Bertz CT molecular complexity index is 638. The SMILES string of the molecule is Cc1cc(C)c(NC(=O)Cn2nc(C)cc2C)c(Cl)c1. The number of anilines is 1. The van der Waals surface area contributed by atoms with Crippen LogP contribution in [-0.4, -0.2) is 15.7 Å². The number of benzene rings is 1. The molecular formula is C15H18ClN3O. The van der Waals surface area contributed by atoms with E-state index in [0.29, 0.717) is 10.7 Å². The average molecular weight is 292 g/mol. The molecule has 2 rings (SSSR count). The lowest BCUT2D eigenvalue weighted by atomic mass is 10.1. The largest absolute Gasteiger partial charge is 0.323 e. The Balaban J connectivity index is 2.15. The standard InChI is InChI=1S/C15H18ClN3O/c1-9-5-10(2)15(13(16)6-9)17-14(20)8-19-12(4)7-11(3)18-19/h5-7H,8H2,1-4H3,(H,17,20). The van der Waals surface area contributed by atoms with Crippen LogP contribution >= 0.6 is 11.6 Å². The Morgan fingerprint density at radius 3 is 2.50 bits per heavy atom. The highest BCUT2D eigenvalue weighted by Crippen LogP contribution is 2.27. The molecule has 5 heteroatoms. The molecule has 0 radical (unpaired) electrons. The van der Waals surface area contributed by atoms with Gasteiger partial charge in [0.2, 0.25) is 5.91 Å². The van der Waals surface area contributed by atoms with E-state index in [-0.39, 0.29) is 12.5 Å². The molecule has 0 aliphatic rings. The number of hydrogen-bond acceptors (Lipinski definition) is 2. The number of carbonyl (C=O) groups excluding carboxylic acids is 1. The van der Waals surface area contributed by atoms with Crippen LogP contribution in [0.15, 0.2) is 18.2 Å². The van der Waals surface area contributed by atoms with Gasteiger partial charge in [0.05, 0.1) is 16.4 Å². The molecule has 0 saturated heterocycles. The monoisotopic (exact) mass is 291 g/mol. The number of aryl methyl sites for hydroxylation is 4. The van der Waals surface area contributed by atoms with Crippen molar-refractivity contribution >= 4 is 23.2 Å². The zero-order chi connectivity index (χ0) is 14.9. The molecule has 0 spiro atoms. The van der Waals surface area contributed by atoms with Crippen molar-refractivity contribution in [3.05, 3.63) is 45.7 Å². The van der Waals surface area contributed by atoms with Gasteiger partial charge in [-0.15, -0.1) is 0 Å². The third-order valence-corrected chi connectivity index (χ3v) is 3.39. The molecule has 0 fully saturated rings. The first-order valence-corrected chi connectivity index (χ1v) is 6.82. The van der Waals surface area contributed by atoms with Crippen molar-refractivity contribution in [1.82, 2.24) is 9.78 Å². The van der Waals surface area contributed by atoms with Crippen LogP contribution in [0.25, 0.3) is 0 Å². The summed E-state index contributed by atoms with van der Waals surface area (Å²) in [5.41, 5.74) is 4.56. The molecule has 0 aliphatic heterocycles. The number of aromatic nitrogens is 2. The first-order valence-electron chi connectivity index (χ1n) is 6.44. The van der Waals surface area contributed by atoms with E-state index in [0.717, 1.165) is 22.5 Å². The Morgan fingerprint density at radius 2 is 1.95 bits per heavy atom. The van der Waals surface area contributed by atoms with Crippen molar-refractivity contribution in [2.24, 2.45) is 0 Å². The fourth-order valence-electron chi connectivity index (χ4n) is 2.22. The van der Waals surface area contributed by atoms with Crippen molar-refractivity contribution in [1.29, 1.82) is 0 Å². The normalized spacial score (nSPS) is 10.7. The summed E-state index contributed by atoms with van der Waals surface area (Å²) in [6, 6.07) is 5.77. The second-order valence-electron chi connectivity index (χ2n) is 5.07. The van der Waals surface area contributed by atoms with E-state index < -0.39 is 0 Å². The molecule has 1 heterocycles. The first kappa shape index (κ1) is 14.6. The molecule has 0 bridgehead atoms. The molecule has 1 amide bonds. The molecule has 20 heavy (non-hydrogen) atoms. The van der Waals surface area contributed by atoms with Gasteiger partial charge in [-0.1, -0.05) is 17.7 Å². The maximum Gasteiger partial charge on any atom is 0.246 e. The van der Waals surface area contributed by atoms with E-state index in [4.69, 9.17) is 11.6 Å². The summed E-state index contributed by atoms with van der Waals surface area (Å²) in [6.45, 7) is 7.92. The van der Waals surface area contributed by atoms with E-state index in [1.165, 1.54) is 0 Å². The minimum atomic E-state index is -0.134. The molecule has 106 valence electrons. The number of halogens is 1. The van der Waals surface area contributed by atoms with Crippen molar-refractivity contribution in [2.75, 3.05) is 5.32 Å². The molecule has 0 saturated carbocycles. The molecule has 1 N–H and O–H groups in total. The number of nitrogens with one attached hydrogen (secondary N) is 1. The van der Waals surface area contributed by atoms with E-state index >= 15 is 0 Å². The number of amides is 1. The van der Waals surface area contributed by atoms with Gasteiger partial charge in [-0.05, 0) is 51.0 Å². The maximum atomic E-state index is 12.1. The van der Waals surface area contributed by atoms with Gasteiger partial charge < -0.3 is 5.32 Å². The lowest BCUT2D eigenvalue weighted by molar-refractivity contribution is -0.116. The summed E-state index contributed by atoms with van der Waals surface area (Å²) in [6.07, 6.45) is 0. The highest BCUT2D eigenvalue weighted by Gasteiger charge is 2.11. The summed E-state index contributed by atoms with van der Waals surface area (Å²) in [5.74, 6) is -0.134. The summed E-state index contributed by atoms with van der Waals surface area (Å²) >= 11 is 6.18. The van der Waals surface area contributed by atoms with Gasteiger partial charge >= 0.3 is 0 Å². The zero-order valence-corrected chi connectivity index (χ0v) is 12.9. The van der Waals surface area contributed by atoms with Crippen LogP contribution in [0.3, 0.4) is 0 Å². The number of rotatable bonds is 3. The van der Waals surface area contributed by atoms with Crippen LogP contribution in [0, 0.1) is 27.7 Å². The van der Waals surface area contributed by atoms with Gasteiger partial charge in [0.15, 0.2) is 0 Å². The summed E-state index contributed by atoms with van der Waals surface area (Å²) in [7, 11) is 0. The maximum absolute atomic E-state index is 12.1. The lowest BCUT2D eigenvalue weighted by Crippen LogP contribution is -2.21. The average Bonchev–Trinajstić information content (AvgIpc) is 2.62. The first-order chi connectivity index (χ1) is 9.36. The van der Waals surface area contributed by atoms with Crippen LogP contribution < -0.4 is 5.32 Å². The fourth-order valence-corrected chi connectivity index (χ4v) is 2.59. The highest BCUT2D eigenvalue weighted by atomic mass is 35.5. The predicted octanol–water partition coefficient (Wildman–Crippen LogP) is 3.41. The smallest absolute Gasteiger partial charge is 0.246 e. The predicted molar refractivity (Wildman–Crippen MR) is 81.3 cm³/mol. The van der Waals surface area contributed by atoms with Gasteiger partial charge in [0.1, 0.15) is 6.54 Å². The van der Waals surface area contributed by atoms with E-state index in [1.807, 2.05) is 45.9 Å². The molecule has 0 unspecified atom stereocenters. The second-order valence-corrected chi connectivity index (χ2v) is 5.48. The van der Waals surface area contributed by atoms with Crippen molar-refractivity contribution in [3.8, 4) is 0 Å². The van der Waals surface area contributed by atoms with Crippen LogP contribution in [0.5, 0.6) is 0 Å². The Hall–Kier alpha value is -1.81. The van der Waals surface area contributed by atoms with Crippen LogP contribution in [0.1, 0.15) is 22.5 Å². The van der Waals surface area contributed by atoms with E-state index in [1.54, 1.807) is 4.68 Å². The van der Waals surface area contributed by atoms with Gasteiger partial charge in [0, 0.05) is 5.69 Å². The van der Waals surface area contributed by atoms with Crippen molar-refractivity contribution in [2.45, 2.75) is 34.2 Å². The van der Waals surface area contributed by atoms with E-state index in [2.05, 4.69) is 10.4 Å². The molecular weight excluding hydrogens is 274 g/mol. The van der Waals surface area contributed by atoms with Crippen molar-refractivity contribution < 1.29 is 4.79 Å². The van der Waals surface area contributed by atoms with Gasteiger partial charge in [-0.25, -0.2) is 0 Å². The summed E-state index contributed by atoms with van der Waals surface area (Å²) < 4.78 is 1.68. The van der Waals surface area contributed by atoms with Crippen molar-refractivity contribution in [3.63, 3.8) is 0 Å². The van der Waals surface area contributed by atoms with Gasteiger partial charge in [-0.2, -0.15) is 5.10 Å². The third kappa shape index (κ3) is 3.20. The van der Waals surface area contributed by atoms with Crippen LogP contribution in [0.4, 0.5) is 5.69 Å². The minimum Gasteiger partial charge on any atom is -0.323 e. The zero-order valence-electron chi connectivity index (χ0n) is 12.1. The summed E-state index contributed by atoms with van der Waals surface area (Å²) in [5, 5.41) is 7.69. The van der Waals surface area contributed by atoms with Crippen LogP contribution in [0.2, 0.25) is 5.02 Å². The molecule has 0 atom stereocenters. The third-order valence-electron chi connectivity index (χ3n) is 3.09. The fraction of sp³-hybridized carbons (Fsp3) is 0.333. The molecule has 0 aliphatic carbocycles. The quantitative estimate of drug-likeness (QED) is 0.942. The van der Waals surface area contributed by atoms with Gasteiger partial charge in [-0.3, -0.25) is 9.48 Å². The Labute approximate surface area is 123 Å². The minimum absolute atomic E-state index is 0.134. The highest BCUT2D eigenvalue weighted by molar-refractivity contribution is 6.34. The molecule has 1 aromatic carbocycles. The molecule has 4 nitrogen and oxygen atoms in total. The number of nitrogens with zero attached hydrogens (tertiary/aromatic N) is 2. The topological polar surface area (TPSA) is 46.9 Å². The number of hydrogen-bond donors (Lipinski definition) is 1. The molecule has 1 aromatic heterocycles. The Kier molecular flexibility index (Phi) is 4.14. The number of carbonyl (C=O) groups is 1. The molecule has 2 aromatic rings. The summed E-state index contributed by atoms with van der Waals surface area (Å²) in [4.78, 5) is 12.1. The van der Waals surface area contributed by atoms with Crippen LogP contribution in [-0.2, 0) is 11.3 Å². The second kappa shape index (κ2) is 5.67. The van der Waals surface area contributed by atoms with E-state index in [9.17, 15) is 4.79 Å². The Morgan fingerprint density at radius 1 is 1.25 bits per heavy atom. The van der Waals surface area contributed by atoms with Gasteiger partial charge in [0.25, 0.3) is 0 Å². The lowest BCUT2D eigenvalue weighted by Gasteiger charge is -2.12.